The van der Waals surface area contributed by atoms with Crippen molar-refractivity contribution in [3.8, 4) is 0 Å². The summed E-state index contributed by atoms with van der Waals surface area (Å²) in [6.07, 6.45) is 0.154. The zero-order valence-corrected chi connectivity index (χ0v) is 16.9. The molecule has 4 rings (SSSR count). The van der Waals surface area contributed by atoms with E-state index in [0.717, 1.165) is 0 Å². The third-order valence-corrected chi connectivity index (χ3v) is 4.88. The second kappa shape index (κ2) is 7.91. The minimum absolute atomic E-state index is 0.141. The Kier molecular flexibility index (Phi) is 5.27. The van der Waals surface area contributed by atoms with Gasteiger partial charge in [0.15, 0.2) is 36.2 Å². The molecule has 0 spiro atoms. The number of hydrogen-bond donors (Lipinski definition) is 2. The molecule has 3 aliphatic rings. The molecule has 5 atom stereocenters. The topological polar surface area (TPSA) is 150 Å². The van der Waals surface area contributed by atoms with Crippen LogP contribution in [0.15, 0.2) is 18.7 Å². The molecule has 0 saturated carbocycles. The van der Waals surface area contributed by atoms with Crippen molar-refractivity contribution in [2.45, 2.75) is 51.6 Å². The lowest BCUT2D eigenvalue weighted by Crippen LogP contribution is -2.54. The first-order valence-corrected chi connectivity index (χ1v) is 9.48. The van der Waals surface area contributed by atoms with E-state index in [0.29, 0.717) is 5.82 Å². The van der Waals surface area contributed by atoms with Gasteiger partial charge in [0.2, 0.25) is 0 Å². The highest BCUT2D eigenvalue weighted by Gasteiger charge is 2.52. The Labute approximate surface area is 176 Å². The maximum atomic E-state index is 12.4. The van der Waals surface area contributed by atoms with Gasteiger partial charge in [-0.15, -0.1) is 0 Å². The van der Waals surface area contributed by atoms with Crippen LogP contribution in [-0.4, -0.2) is 64.6 Å². The second-order valence-electron chi connectivity index (χ2n) is 7.11. The molecular formula is C18H21N5O8. The molecular weight excluding hydrogens is 414 g/mol. The Morgan fingerprint density at radius 1 is 1.13 bits per heavy atom. The fraction of sp³-hybridized carbons (Fsp3) is 0.500. The number of nitrogens with zero attached hydrogens (tertiary/aromatic N) is 3. The number of hydrogen-bond acceptors (Lipinski definition) is 11. The number of nitrogens with one attached hydrogen (secondary N) is 2. The maximum Gasteiger partial charge on any atom is 0.303 e. The number of aromatic nitrogens is 2. The molecule has 4 heterocycles. The molecule has 1 aromatic heterocycles. The summed E-state index contributed by atoms with van der Waals surface area (Å²) in [5, 5.41) is 5.72. The molecule has 1 aromatic rings. The van der Waals surface area contributed by atoms with Gasteiger partial charge in [0.1, 0.15) is 12.7 Å². The lowest BCUT2D eigenvalue weighted by molar-refractivity contribution is -0.166. The predicted molar refractivity (Wildman–Crippen MR) is 99.9 cm³/mol. The van der Waals surface area contributed by atoms with E-state index in [9.17, 15) is 19.2 Å². The average Bonchev–Trinajstić information content (AvgIpc) is 3.37. The van der Waals surface area contributed by atoms with E-state index >= 15 is 0 Å². The minimum atomic E-state index is -1.08. The molecule has 3 aliphatic heterocycles. The zero-order valence-electron chi connectivity index (χ0n) is 16.9. The highest BCUT2D eigenvalue weighted by molar-refractivity contribution is 5.99. The van der Waals surface area contributed by atoms with E-state index in [1.54, 1.807) is 17.3 Å². The standard InChI is InChI=1S/C18H21N5O8/c1-8(24)28-6-11-13(29-9(2)25)14(30-10(3)26)17(31-11)23-7-20-12-15(27)21-18-19-4-5-22(18)16(12)23/h4-5,7,11,13-14,17-19H,6H2,1-3H3,(H,21,27)/t11-,13-,14-,17-,18?/m1/s1. The number of amides is 1. The zero-order chi connectivity index (χ0) is 22.3. The molecule has 1 unspecified atom stereocenters. The van der Waals surface area contributed by atoms with E-state index in [2.05, 4.69) is 15.6 Å². The molecule has 166 valence electrons. The lowest BCUT2D eigenvalue weighted by Gasteiger charge is -2.33. The third-order valence-electron chi connectivity index (χ3n) is 4.88. The number of carbonyl (C=O) groups excluding carboxylic acids is 4. The van der Waals surface area contributed by atoms with Gasteiger partial charge in [-0.3, -0.25) is 28.6 Å². The second-order valence-corrected chi connectivity index (χ2v) is 7.11. The van der Waals surface area contributed by atoms with Crippen molar-refractivity contribution in [3.05, 3.63) is 24.4 Å². The van der Waals surface area contributed by atoms with Gasteiger partial charge in [-0.05, 0) is 0 Å². The number of imidazole rings is 1. The number of anilines is 1. The Balaban J connectivity index is 1.73. The Morgan fingerprint density at radius 3 is 2.52 bits per heavy atom. The van der Waals surface area contributed by atoms with Crippen LogP contribution in [0.3, 0.4) is 0 Å². The van der Waals surface area contributed by atoms with Gasteiger partial charge in [0.05, 0.1) is 6.33 Å². The van der Waals surface area contributed by atoms with Crippen LogP contribution in [0.5, 0.6) is 0 Å². The van der Waals surface area contributed by atoms with Crippen molar-refractivity contribution < 1.29 is 38.1 Å². The summed E-state index contributed by atoms with van der Waals surface area (Å²) in [4.78, 5) is 53.2. The fourth-order valence-corrected chi connectivity index (χ4v) is 3.75. The summed E-state index contributed by atoms with van der Waals surface area (Å²) in [6.45, 7) is 3.41. The van der Waals surface area contributed by atoms with E-state index in [1.165, 1.54) is 31.7 Å². The van der Waals surface area contributed by atoms with Crippen LogP contribution in [0.25, 0.3) is 0 Å². The monoisotopic (exact) mass is 435 g/mol. The van der Waals surface area contributed by atoms with Crippen LogP contribution in [0.2, 0.25) is 0 Å². The fourth-order valence-electron chi connectivity index (χ4n) is 3.75. The average molecular weight is 435 g/mol. The predicted octanol–water partition coefficient (Wildman–Crippen LogP) is -0.885. The van der Waals surface area contributed by atoms with Crippen LogP contribution in [0, 0.1) is 0 Å². The van der Waals surface area contributed by atoms with Crippen molar-refractivity contribution >= 4 is 29.6 Å². The van der Waals surface area contributed by atoms with Gasteiger partial charge in [-0.2, -0.15) is 0 Å². The van der Waals surface area contributed by atoms with Crippen molar-refractivity contribution in [1.82, 2.24) is 20.2 Å². The van der Waals surface area contributed by atoms with Gasteiger partial charge in [-0.1, -0.05) is 0 Å². The number of rotatable bonds is 5. The van der Waals surface area contributed by atoms with Crippen molar-refractivity contribution in [3.63, 3.8) is 0 Å². The first kappa shape index (κ1) is 20.7. The van der Waals surface area contributed by atoms with Gasteiger partial charge in [0, 0.05) is 33.2 Å². The molecule has 13 heteroatoms. The number of carbonyl (C=O) groups is 4. The van der Waals surface area contributed by atoms with Gasteiger partial charge >= 0.3 is 17.9 Å². The Hall–Kier alpha value is -3.61. The molecule has 1 saturated heterocycles. The molecule has 1 amide bonds. The van der Waals surface area contributed by atoms with Crippen LogP contribution in [0.4, 0.5) is 5.82 Å². The highest BCUT2D eigenvalue weighted by Crippen LogP contribution is 2.39. The van der Waals surface area contributed by atoms with Gasteiger partial charge in [0.25, 0.3) is 5.91 Å². The lowest BCUT2D eigenvalue weighted by atomic mass is 10.1. The van der Waals surface area contributed by atoms with Crippen molar-refractivity contribution in [2.24, 2.45) is 0 Å². The van der Waals surface area contributed by atoms with E-state index in [1.807, 2.05) is 0 Å². The molecule has 2 N–H and O–H groups in total. The van der Waals surface area contributed by atoms with Crippen molar-refractivity contribution in [2.75, 3.05) is 11.5 Å². The van der Waals surface area contributed by atoms with Crippen LogP contribution < -0.4 is 15.5 Å². The van der Waals surface area contributed by atoms with Crippen LogP contribution >= 0.6 is 0 Å². The van der Waals surface area contributed by atoms with Crippen molar-refractivity contribution in [1.29, 1.82) is 0 Å². The van der Waals surface area contributed by atoms with Gasteiger partial charge < -0.3 is 29.6 Å². The summed E-state index contributed by atoms with van der Waals surface area (Å²) < 4.78 is 23.4. The van der Waals surface area contributed by atoms with Crippen LogP contribution in [-0.2, 0) is 33.3 Å². The maximum absolute atomic E-state index is 12.4. The molecule has 1 fully saturated rings. The normalized spacial score (nSPS) is 28.3. The SMILES string of the molecule is CC(=O)OC[C@H]1O[C@@H](n2cnc3c2N2C=CNC2NC3=O)[C@H](OC(C)=O)[C@@H]1OC(C)=O. The minimum Gasteiger partial charge on any atom is -0.463 e. The Bertz CT molecular complexity index is 959. The summed E-state index contributed by atoms with van der Waals surface area (Å²) in [6, 6.07) is 0. The van der Waals surface area contributed by atoms with Gasteiger partial charge in [-0.25, -0.2) is 4.98 Å². The first-order valence-electron chi connectivity index (χ1n) is 9.48. The summed E-state index contributed by atoms with van der Waals surface area (Å²) in [5.41, 5.74) is 0.141. The smallest absolute Gasteiger partial charge is 0.303 e. The molecule has 13 nitrogen and oxygen atoms in total. The highest BCUT2D eigenvalue weighted by atomic mass is 16.7. The first-order chi connectivity index (χ1) is 14.8. The van der Waals surface area contributed by atoms with E-state index < -0.39 is 54.6 Å². The molecule has 0 aliphatic carbocycles. The largest absolute Gasteiger partial charge is 0.463 e. The third kappa shape index (κ3) is 3.79. The van der Waals surface area contributed by atoms with E-state index in [-0.39, 0.29) is 12.3 Å². The Morgan fingerprint density at radius 2 is 1.84 bits per heavy atom. The molecule has 0 radical (unpaired) electrons. The van der Waals surface area contributed by atoms with E-state index in [4.69, 9.17) is 18.9 Å². The molecule has 0 aromatic carbocycles. The summed E-state index contributed by atoms with van der Waals surface area (Å²) in [7, 11) is 0. The molecule has 31 heavy (non-hydrogen) atoms. The summed E-state index contributed by atoms with van der Waals surface area (Å²) >= 11 is 0. The number of ether oxygens (including phenoxy) is 4. The quantitative estimate of drug-likeness (QED) is 0.438. The summed E-state index contributed by atoms with van der Waals surface area (Å²) in [5.74, 6) is -1.81. The molecule has 0 bridgehead atoms. The number of esters is 3. The van der Waals surface area contributed by atoms with Crippen LogP contribution in [0.1, 0.15) is 37.5 Å². The number of fused-ring (bicyclic) bond motifs is 3.